The van der Waals surface area contributed by atoms with Gasteiger partial charge in [0.2, 0.25) is 0 Å². The highest BCUT2D eigenvalue weighted by atomic mass is 35.5. The summed E-state index contributed by atoms with van der Waals surface area (Å²) in [7, 11) is 1.93. The molecule has 1 aliphatic carbocycles. The lowest BCUT2D eigenvalue weighted by atomic mass is 10.2. The van der Waals surface area contributed by atoms with Gasteiger partial charge in [0.25, 0.3) is 0 Å². The van der Waals surface area contributed by atoms with Crippen LogP contribution in [0.5, 0.6) is 0 Å². The third-order valence-electron chi connectivity index (χ3n) is 2.12. The molecule has 1 aromatic rings. The zero-order valence-corrected chi connectivity index (χ0v) is 8.49. The summed E-state index contributed by atoms with van der Waals surface area (Å²) in [6.07, 6.45) is 4.00. The van der Waals surface area contributed by atoms with Crippen LogP contribution < -0.4 is 5.73 Å². The van der Waals surface area contributed by atoms with E-state index in [-0.39, 0.29) is 30.4 Å². The molecule has 0 amide bonds. The molecule has 0 bridgehead atoms. The fraction of sp³-hybridized carbons (Fsp3) is 0.571. The maximum absolute atomic E-state index is 5.95. The van der Waals surface area contributed by atoms with Crippen LogP contribution in [0.3, 0.4) is 0 Å². The summed E-state index contributed by atoms with van der Waals surface area (Å²) in [4.78, 5) is 0. The molecule has 0 aliphatic heterocycles. The van der Waals surface area contributed by atoms with E-state index in [1.165, 1.54) is 0 Å². The van der Waals surface area contributed by atoms with Crippen molar-refractivity contribution in [1.82, 2.24) is 9.78 Å². The Bertz CT molecular complexity index is 255. The maximum Gasteiger partial charge on any atom is 0.0582 e. The molecule has 12 heavy (non-hydrogen) atoms. The van der Waals surface area contributed by atoms with Gasteiger partial charge in [-0.15, -0.1) is 24.8 Å². The van der Waals surface area contributed by atoms with Gasteiger partial charge in [-0.05, 0) is 18.9 Å². The molecule has 3 nitrogen and oxygen atoms in total. The Balaban J connectivity index is 0.000000605. The standard InChI is InChI=1S/C7H11N3.2ClH/c1-10-6(2-5-9-10)7(8)3-4-7;;/h2,5H,3-4,8H2,1H3;2*1H. The minimum absolute atomic E-state index is 0. The molecule has 1 aliphatic rings. The van der Waals surface area contributed by atoms with Crippen LogP contribution in [0.4, 0.5) is 0 Å². The van der Waals surface area contributed by atoms with Gasteiger partial charge in [-0.3, -0.25) is 4.68 Å². The quantitative estimate of drug-likeness (QED) is 0.757. The number of aromatic nitrogens is 2. The molecule has 1 saturated carbocycles. The SMILES string of the molecule is Cl.Cl.Cn1nccc1C1(N)CC1. The zero-order chi connectivity index (χ0) is 7.19. The Morgan fingerprint density at radius 3 is 2.42 bits per heavy atom. The number of nitrogens with two attached hydrogens (primary N) is 1. The molecule has 1 heterocycles. The number of nitrogens with zero attached hydrogens (tertiary/aromatic N) is 2. The van der Waals surface area contributed by atoms with Crippen molar-refractivity contribution < 1.29 is 0 Å². The van der Waals surface area contributed by atoms with E-state index < -0.39 is 0 Å². The lowest BCUT2D eigenvalue weighted by molar-refractivity contribution is 0.615. The minimum atomic E-state index is -0.0365. The monoisotopic (exact) mass is 209 g/mol. The van der Waals surface area contributed by atoms with Crippen molar-refractivity contribution in [1.29, 1.82) is 0 Å². The van der Waals surface area contributed by atoms with E-state index in [1.807, 2.05) is 17.8 Å². The third-order valence-corrected chi connectivity index (χ3v) is 2.12. The number of hydrogen-bond acceptors (Lipinski definition) is 2. The van der Waals surface area contributed by atoms with Gasteiger partial charge in [0.05, 0.1) is 11.2 Å². The molecular formula is C7H13Cl2N3. The second-order valence-corrected chi connectivity index (χ2v) is 3.00. The highest BCUT2D eigenvalue weighted by Crippen LogP contribution is 2.41. The van der Waals surface area contributed by atoms with Crippen molar-refractivity contribution >= 4 is 24.8 Å². The topological polar surface area (TPSA) is 43.8 Å². The minimum Gasteiger partial charge on any atom is -0.320 e. The second-order valence-electron chi connectivity index (χ2n) is 3.00. The maximum atomic E-state index is 5.95. The van der Waals surface area contributed by atoms with Gasteiger partial charge in [-0.25, -0.2) is 0 Å². The number of halogens is 2. The van der Waals surface area contributed by atoms with Crippen molar-refractivity contribution in [3.05, 3.63) is 18.0 Å². The number of aryl methyl sites for hydroxylation is 1. The van der Waals surface area contributed by atoms with Crippen LogP contribution in [0.15, 0.2) is 12.3 Å². The van der Waals surface area contributed by atoms with Gasteiger partial charge in [-0.1, -0.05) is 0 Å². The van der Waals surface area contributed by atoms with Crippen LogP contribution in [0.1, 0.15) is 18.5 Å². The highest BCUT2D eigenvalue weighted by Gasteiger charge is 2.42. The van der Waals surface area contributed by atoms with Crippen LogP contribution in [0, 0.1) is 0 Å². The van der Waals surface area contributed by atoms with E-state index in [4.69, 9.17) is 5.73 Å². The number of hydrogen-bond donors (Lipinski definition) is 1. The molecule has 2 N–H and O–H groups in total. The Morgan fingerprint density at radius 1 is 1.50 bits per heavy atom. The normalized spacial score (nSPS) is 17.5. The lowest BCUT2D eigenvalue weighted by Gasteiger charge is -2.07. The molecule has 1 aromatic heterocycles. The molecule has 1 fully saturated rings. The third kappa shape index (κ3) is 1.73. The Labute approximate surface area is 84.1 Å². The molecule has 0 unspecified atom stereocenters. The summed E-state index contributed by atoms with van der Waals surface area (Å²) in [6.45, 7) is 0. The first-order valence-electron chi connectivity index (χ1n) is 3.50. The number of rotatable bonds is 1. The van der Waals surface area contributed by atoms with Crippen LogP contribution in [0.2, 0.25) is 0 Å². The fourth-order valence-electron chi connectivity index (χ4n) is 1.25. The second kappa shape index (κ2) is 3.64. The van der Waals surface area contributed by atoms with E-state index in [2.05, 4.69) is 5.10 Å². The molecule has 5 heteroatoms. The average Bonchev–Trinajstić information content (AvgIpc) is 2.44. The van der Waals surface area contributed by atoms with E-state index in [1.54, 1.807) is 6.20 Å². The van der Waals surface area contributed by atoms with E-state index >= 15 is 0 Å². The smallest absolute Gasteiger partial charge is 0.0582 e. The molecule has 0 atom stereocenters. The first-order valence-corrected chi connectivity index (χ1v) is 3.50. The van der Waals surface area contributed by atoms with Gasteiger partial charge < -0.3 is 5.73 Å². The van der Waals surface area contributed by atoms with Gasteiger partial charge in [0.1, 0.15) is 0 Å². The van der Waals surface area contributed by atoms with Gasteiger partial charge >= 0.3 is 0 Å². The predicted molar refractivity (Wildman–Crippen MR) is 52.8 cm³/mol. The van der Waals surface area contributed by atoms with E-state index in [9.17, 15) is 0 Å². The molecule has 2 rings (SSSR count). The Kier molecular flexibility index (Phi) is 3.57. The Hall–Kier alpha value is -0.250. The van der Waals surface area contributed by atoms with Crippen molar-refractivity contribution in [2.45, 2.75) is 18.4 Å². The molecule has 0 aromatic carbocycles. The molecule has 0 saturated heterocycles. The molecule has 0 radical (unpaired) electrons. The van der Waals surface area contributed by atoms with Gasteiger partial charge in [-0.2, -0.15) is 5.10 Å². The fourth-order valence-corrected chi connectivity index (χ4v) is 1.25. The molecular weight excluding hydrogens is 197 g/mol. The largest absolute Gasteiger partial charge is 0.320 e. The summed E-state index contributed by atoms with van der Waals surface area (Å²) in [5, 5.41) is 4.06. The van der Waals surface area contributed by atoms with Crippen LogP contribution in [-0.4, -0.2) is 9.78 Å². The van der Waals surface area contributed by atoms with Crippen LogP contribution >= 0.6 is 24.8 Å². The van der Waals surface area contributed by atoms with Crippen LogP contribution in [0.25, 0.3) is 0 Å². The van der Waals surface area contributed by atoms with Gasteiger partial charge in [0.15, 0.2) is 0 Å². The zero-order valence-electron chi connectivity index (χ0n) is 6.86. The predicted octanol–water partition coefficient (Wildman–Crippen LogP) is 1.21. The lowest BCUT2D eigenvalue weighted by Crippen LogP contribution is -2.22. The van der Waals surface area contributed by atoms with Crippen LogP contribution in [-0.2, 0) is 12.6 Å². The Morgan fingerprint density at radius 2 is 2.08 bits per heavy atom. The first-order chi connectivity index (χ1) is 4.72. The van der Waals surface area contributed by atoms with Crippen molar-refractivity contribution in [2.75, 3.05) is 0 Å². The molecule has 0 spiro atoms. The summed E-state index contributed by atoms with van der Waals surface area (Å²) < 4.78 is 1.85. The average molecular weight is 210 g/mol. The summed E-state index contributed by atoms with van der Waals surface area (Å²) in [6, 6.07) is 1.99. The van der Waals surface area contributed by atoms with Gasteiger partial charge in [0, 0.05) is 13.2 Å². The summed E-state index contributed by atoms with van der Waals surface area (Å²) in [5.41, 5.74) is 7.08. The van der Waals surface area contributed by atoms with E-state index in [0.29, 0.717) is 0 Å². The van der Waals surface area contributed by atoms with Crippen molar-refractivity contribution in [3.63, 3.8) is 0 Å². The summed E-state index contributed by atoms with van der Waals surface area (Å²) in [5.74, 6) is 0. The highest BCUT2D eigenvalue weighted by molar-refractivity contribution is 5.85. The molecule has 70 valence electrons. The summed E-state index contributed by atoms with van der Waals surface area (Å²) >= 11 is 0. The van der Waals surface area contributed by atoms with E-state index in [0.717, 1.165) is 18.5 Å². The van der Waals surface area contributed by atoms with Crippen molar-refractivity contribution in [3.8, 4) is 0 Å². The first kappa shape index (κ1) is 11.8. The van der Waals surface area contributed by atoms with Crippen molar-refractivity contribution in [2.24, 2.45) is 12.8 Å².